The number of nitrogens with two attached hydrogens (primary N) is 1. The van der Waals surface area contributed by atoms with E-state index in [0.717, 1.165) is 5.39 Å². The average Bonchev–Trinajstić information content (AvgIpc) is 2.84. The van der Waals surface area contributed by atoms with E-state index in [1.807, 2.05) is 18.2 Å². The summed E-state index contributed by atoms with van der Waals surface area (Å²) in [6.07, 6.45) is 0.500. The summed E-state index contributed by atoms with van der Waals surface area (Å²) in [4.78, 5) is 16.5. The van der Waals surface area contributed by atoms with Crippen LogP contribution in [0.3, 0.4) is 0 Å². The molecule has 0 radical (unpaired) electrons. The standard InChI is InChI=1S/C14H14N4O2/c1-9-16-13(17-20-9)6-7-18-12(15)8-10-4-2-3-5-11(10)14(18)19/h2-5,8H,6-7,15H2,1H3. The van der Waals surface area contributed by atoms with Gasteiger partial charge in [0.15, 0.2) is 5.82 Å². The fourth-order valence-corrected chi connectivity index (χ4v) is 2.20. The summed E-state index contributed by atoms with van der Waals surface area (Å²) in [5, 5.41) is 5.32. The second kappa shape index (κ2) is 4.80. The predicted octanol–water partition coefficient (Wildman–Crippen LogP) is 1.52. The van der Waals surface area contributed by atoms with Crippen molar-refractivity contribution < 1.29 is 4.52 Å². The molecule has 0 aliphatic rings. The molecule has 102 valence electrons. The van der Waals surface area contributed by atoms with E-state index in [1.165, 1.54) is 4.57 Å². The fourth-order valence-electron chi connectivity index (χ4n) is 2.20. The molecule has 0 saturated carbocycles. The van der Waals surface area contributed by atoms with Gasteiger partial charge in [0.05, 0.1) is 0 Å². The molecule has 2 heterocycles. The SMILES string of the molecule is Cc1nc(CCn2c(N)cc3ccccc3c2=O)no1. The number of nitrogen functional groups attached to an aromatic ring is 1. The van der Waals surface area contributed by atoms with E-state index in [1.54, 1.807) is 19.1 Å². The van der Waals surface area contributed by atoms with E-state index < -0.39 is 0 Å². The molecular formula is C14H14N4O2. The molecule has 3 rings (SSSR count). The number of nitrogens with zero attached hydrogens (tertiary/aromatic N) is 3. The Morgan fingerprint density at radius 2 is 2.15 bits per heavy atom. The zero-order valence-corrected chi connectivity index (χ0v) is 11.0. The Balaban J connectivity index is 1.97. The van der Waals surface area contributed by atoms with Gasteiger partial charge in [0.2, 0.25) is 5.89 Å². The average molecular weight is 270 g/mol. The molecule has 6 nitrogen and oxygen atoms in total. The topological polar surface area (TPSA) is 86.9 Å². The minimum Gasteiger partial charge on any atom is -0.385 e. The predicted molar refractivity (Wildman–Crippen MR) is 75.4 cm³/mol. The molecule has 2 aromatic heterocycles. The van der Waals surface area contributed by atoms with Crippen LogP contribution in [0.2, 0.25) is 0 Å². The number of benzene rings is 1. The lowest BCUT2D eigenvalue weighted by atomic mass is 10.1. The lowest BCUT2D eigenvalue weighted by Crippen LogP contribution is -2.24. The van der Waals surface area contributed by atoms with Gasteiger partial charge >= 0.3 is 0 Å². The lowest BCUT2D eigenvalue weighted by Gasteiger charge is -2.09. The molecule has 0 aliphatic heterocycles. The Bertz CT molecular complexity index is 819. The Kier molecular flexibility index (Phi) is 2.98. The van der Waals surface area contributed by atoms with Crippen LogP contribution < -0.4 is 11.3 Å². The Morgan fingerprint density at radius 3 is 2.90 bits per heavy atom. The summed E-state index contributed by atoms with van der Waals surface area (Å²) in [5.74, 6) is 1.52. The van der Waals surface area contributed by atoms with E-state index in [0.29, 0.717) is 35.9 Å². The number of fused-ring (bicyclic) bond motifs is 1. The zero-order valence-electron chi connectivity index (χ0n) is 11.0. The summed E-state index contributed by atoms with van der Waals surface area (Å²) in [6, 6.07) is 9.20. The first-order valence-electron chi connectivity index (χ1n) is 6.32. The molecule has 0 amide bonds. The molecule has 20 heavy (non-hydrogen) atoms. The molecule has 0 unspecified atom stereocenters. The maximum atomic E-state index is 12.4. The maximum Gasteiger partial charge on any atom is 0.259 e. The van der Waals surface area contributed by atoms with Crippen molar-refractivity contribution in [2.45, 2.75) is 19.9 Å². The third-order valence-corrected chi connectivity index (χ3v) is 3.18. The molecule has 0 saturated heterocycles. The van der Waals surface area contributed by atoms with Crippen LogP contribution in [0, 0.1) is 6.92 Å². The molecule has 1 aromatic carbocycles. The first-order valence-corrected chi connectivity index (χ1v) is 6.32. The van der Waals surface area contributed by atoms with E-state index in [-0.39, 0.29) is 5.56 Å². The van der Waals surface area contributed by atoms with E-state index in [2.05, 4.69) is 10.1 Å². The second-order valence-corrected chi connectivity index (χ2v) is 4.59. The monoisotopic (exact) mass is 270 g/mol. The molecule has 6 heteroatoms. The van der Waals surface area contributed by atoms with Crippen LogP contribution in [0.25, 0.3) is 10.8 Å². The summed E-state index contributed by atoms with van der Waals surface area (Å²) < 4.78 is 6.44. The van der Waals surface area contributed by atoms with Crippen LogP contribution in [0.15, 0.2) is 39.6 Å². The summed E-state index contributed by atoms with van der Waals surface area (Å²) in [5.41, 5.74) is 5.86. The van der Waals surface area contributed by atoms with Crippen LogP contribution in [0.1, 0.15) is 11.7 Å². The molecular weight excluding hydrogens is 256 g/mol. The minimum absolute atomic E-state index is 0.0965. The highest BCUT2D eigenvalue weighted by Gasteiger charge is 2.08. The van der Waals surface area contributed by atoms with Crippen molar-refractivity contribution in [2.24, 2.45) is 0 Å². The summed E-state index contributed by atoms with van der Waals surface area (Å²) in [7, 11) is 0. The van der Waals surface area contributed by atoms with Gasteiger partial charge in [-0.3, -0.25) is 9.36 Å². The number of rotatable bonds is 3. The minimum atomic E-state index is -0.0965. The first-order chi connectivity index (χ1) is 9.65. The first kappa shape index (κ1) is 12.4. The maximum absolute atomic E-state index is 12.4. The zero-order chi connectivity index (χ0) is 14.1. The molecule has 3 aromatic rings. The highest BCUT2D eigenvalue weighted by atomic mass is 16.5. The van der Waals surface area contributed by atoms with Gasteiger partial charge in [0.1, 0.15) is 5.82 Å². The quantitative estimate of drug-likeness (QED) is 0.779. The van der Waals surface area contributed by atoms with E-state index >= 15 is 0 Å². The number of pyridine rings is 1. The Morgan fingerprint density at radius 1 is 1.35 bits per heavy atom. The molecule has 0 fully saturated rings. The van der Waals surface area contributed by atoms with Crippen LogP contribution in [0.4, 0.5) is 5.82 Å². The second-order valence-electron chi connectivity index (χ2n) is 4.59. The van der Waals surface area contributed by atoms with Gasteiger partial charge in [-0.25, -0.2) is 0 Å². The third-order valence-electron chi connectivity index (χ3n) is 3.18. The normalized spacial score (nSPS) is 11.1. The molecule has 0 spiro atoms. The smallest absolute Gasteiger partial charge is 0.259 e. The van der Waals surface area contributed by atoms with Gasteiger partial charge in [-0.1, -0.05) is 23.4 Å². The van der Waals surface area contributed by atoms with Crippen LogP contribution in [-0.2, 0) is 13.0 Å². The molecule has 2 N–H and O–H groups in total. The number of anilines is 1. The molecule has 0 aliphatic carbocycles. The number of hydrogen-bond acceptors (Lipinski definition) is 5. The van der Waals surface area contributed by atoms with Crippen molar-refractivity contribution in [1.29, 1.82) is 0 Å². The largest absolute Gasteiger partial charge is 0.385 e. The van der Waals surface area contributed by atoms with Gasteiger partial charge in [-0.2, -0.15) is 4.98 Å². The van der Waals surface area contributed by atoms with Gasteiger partial charge in [-0.15, -0.1) is 0 Å². The third kappa shape index (κ3) is 2.16. The number of aromatic nitrogens is 3. The fraction of sp³-hybridized carbons (Fsp3) is 0.214. The van der Waals surface area contributed by atoms with Crippen molar-refractivity contribution in [2.75, 3.05) is 5.73 Å². The number of aryl methyl sites for hydroxylation is 2. The van der Waals surface area contributed by atoms with E-state index in [9.17, 15) is 4.79 Å². The highest BCUT2D eigenvalue weighted by molar-refractivity contribution is 5.83. The summed E-state index contributed by atoms with van der Waals surface area (Å²) in [6.45, 7) is 2.15. The Hall–Kier alpha value is -2.63. The lowest BCUT2D eigenvalue weighted by molar-refractivity contribution is 0.386. The van der Waals surface area contributed by atoms with Crippen molar-refractivity contribution in [3.8, 4) is 0 Å². The van der Waals surface area contributed by atoms with Gasteiger partial charge in [0.25, 0.3) is 5.56 Å². The van der Waals surface area contributed by atoms with Crippen molar-refractivity contribution in [3.05, 3.63) is 52.4 Å². The van der Waals surface area contributed by atoms with Gasteiger partial charge in [0, 0.05) is 25.3 Å². The van der Waals surface area contributed by atoms with Crippen LogP contribution in [-0.4, -0.2) is 14.7 Å². The molecule has 0 bridgehead atoms. The van der Waals surface area contributed by atoms with Crippen molar-refractivity contribution in [3.63, 3.8) is 0 Å². The number of hydrogen-bond donors (Lipinski definition) is 1. The molecule has 0 atom stereocenters. The van der Waals surface area contributed by atoms with Gasteiger partial charge in [-0.05, 0) is 17.5 Å². The van der Waals surface area contributed by atoms with Gasteiger partial charge < -0.3 is 10.3 Å². The Labute approximate surface area is 114 Å². The summed E-state index contributed by atoms with van der Waals surface area (Å²) >= 11 is 0. The van der Waals surface area contributed by atoms with Crippen LogP contribution >= 0.6 is 0 Å². The van der Waals surface area contributed by atoms with E-state index in [4.69, 9.17) is 10.3 Å². The van der Waals surface area contributed by atoms with Crippen LogP contribution in [0.5, 0.6) is 0 Å². The highest BCUT2D eigenvalue weighted by Crippen LogP contribution is 2.13. The van der Waals surface area contributed by atoms with Crippen molar-refractivity contribution >= 4 is 16.6 Å². The van der Waals surface area contributed by atoms with Crippen molar-refractivity contribution in [1.82, 2.24) is 14.7 Å².